The molecule has 0 bridgehead atoms. The lowest BCUT2D eigenvalue weighted by Crippen LogP contribution is -2.20. The van der Waals surface area contributed by atoms with Gasteiger partial charge in [-0.1, -0.05) is 15.9 Å². The van der Waals surface area contributed by atoms with E-state index in [0.29, 0.717) is 11.8 Å². The van der Waals surface area contributed by atoms with Crippen LogP contribution in [0.15, 0.2) is 45.5 Å². The number of nitrogens with two attached hydrogens (primary N) is 1. The van der Waals surface area contributed by atoms with E-state index in [-0.39, 0.29) is 5.90 Å². The summed E-state index contributed by atoms with van der Waals surface area (Å²) in [6, 6.07) is 6.67. The van der Waals surface area contributed by atoms with Gasteiger partial charge in [0.1, 0.15) is 5.70 Å². The van der Waals surface area contributed by atoms with Gasteiger partial charge >= 0.3 is 6.18 Å². The molecule has 0 atom stereocenters. The van der Waals surface area contributed by atoms with E-state index >= 15 is 0 Å². The van der Waals surface area contributed by atoms with Crippen LogP contribution >= 0.6 is 15.9 Å². The number of methoxy groups -OCH3 is 1. The smallest absolute Gasteiger partial charge is 0.430 e. The van der Waals surface area contributed by atoms with E-state index in [0.717, 1.165) is 4.47 Å². The molecule has 0 spiro atoms. The summed E-state index contributed by atoms with van der Waals surface area (Å²) in [4.78, 5) is 3.89. The molecule has 0 aromatic heterocycles. The predicted molar refractivity (Wildman–Crippen MR) is 66.6 cm³/mol. The van der Waals surface area contributed by atoms with Crippen molar-refractivity contribution in [3.8, 4) is 0 Å². The van der Waals surface area contributed by atoms with Crippen LogP contribution in [0.4, 0.5) is 18.9 Å². The average molecular weight is 323 g/mol. The molecule has 98 valence electrons. The number of hydrogen-bond donors (Lipinski definition) is 1. The van der Waals surface area contributed by atoms with Gasteiger partial charge in [-0.25, -0.2) is 4.99 Å². The van der Waals surface area contributed by atoms with Gasteiger partial charge in [-0.05, 0) is 24.3 Å². The normalized spacial score (nSPS) is 13.6. The maximum Gasteiger partial charge on any atom is 0.430 e. The monoisotopic (exact) mass is 322 g/mol. The van der Waals surface area contributed by atoms with E-state index in [1.807, 2.05) is 0 Å². The minimum atomic E-state index is -4.60. The number of aliphatic imine (C=N–C) groups is 1. The highest BCUT2D eigenvalue weighted by atomic mass is 79.9. The first-order chi connectivity index (χ1) is 8.32. The first-order valence-corrected chi connectivity index (χ1v) is 5.55. The third-order valence-corrected chi connectivity index (χ3v) is 2.41. The molecule has 0 heterocycles. The number of halogens is 4. The Hall–Kier alpha value is -1.50. The number of benzene rings is 1. The molecule has 0 fully saturated rings. The molecule has 3 nitrogen and oxygen atoms in total. The maximum absolute atomic E-state index is 12.2. The second kappa shape index (κ2) is 5.90. The number of nitrogens with zero attached hydrogens (tertiary/aromatic N) is 1. The Morgan fingerprint density at radius 2 is 1.89 bits per heavy atom. The summed E-state index contributed by atoms with van der Waals surface area (Å²) >= 11 is 3.23. The Morgan fingerprint density at radius 3 is 2.33 bits per heavy atom. The predicted octanol–water partition coefficient (Wildman–Crippen LogP) is 3.53. The third-order valence-electron chi connectivity index (χ3n) is 1.88. The highest BCUT2D eigenvalue weighted by Crippen LogP contribution is 2.22. The van der Waals surface area contributed by atoms with Crippen molar-refractivity contribution in [3.05, 3.63) is 40.5 Å². The fourth-order valence-electron chi connectivity index (χ4n) is 0.995. The van der Waals surface area contributed by atoms with Crippen LogP contribution in [0, 0.1) is 0 Å². The van der Waals surface area contributed by atoms with Crippen LogP contribution in [0.1, 0.15) is 0 Å². The standard InChI is InChI=1S/C11H10BrF3N2O/c1-18-10(6-9(16)11(13,14)15)17-8-4-2-7(12)3-5-8/h2-6H,16H2,1H3/b9-6-,17-10?. The molecule has 0 saturated heterocycles. The largest absolute Gasteiger partial charge is 0.481 e. The Balaban J connectivity index is 3.00. The minimum absolute atomic E-state index is 0.216. The van der Waals surface area contributed by atoms with Crippen molar-refractivity contribution in [1.82, 2.24) is 0 Å². The van der Waals surface area contributed by atoms with Crippen molar-refractivity contribution < 1.29 is 17.9 Å². The van der Waals surface area contributed by atoms with Gasteiger partial charge in [-0.2, -0.15) is 13.2 Å². The Kier molecular flexibility index (Phi) is 4.77. The molecular weight excluding hydrogens is 313 g/mol. The minimum Gasteiger partial charge on any atom is -0.481 e. The molecular formula is C11H10BrF3N2O. The van der Waals surface area contributed by atoms with Crippen LogP contribution in [-0.4, -0.2) is 19.2 Å². The van der Waals surface area contributed by atoms with E-state index in [1.165, 1.54) is 7.11 Å². The number of ether oxygens (including phenoxy) is 1. The van der Waals surface area contributed by atoms with Gasteiger partial charge in [-0.15, -0.1) is 0 Å². The Bertz CT molecular complexity index is 466. The SMILES string of the molecule is COC(/C=C(\N)C(F)(F)F)=Nc1ccc(Br)cc1. The zero-order valence-electron chi connectivity index (χ0n) is 9.33. The Labute approximate surface area is 110 Å². The van der Waals surface area contributed by atoms with E-state index in [2.05, 4.69) is 20.9 Å². The molecule has 0 saturated carbocycles. The number of hydrogen-bond acceptors (Lipinski definition) is 3. The summed E-state index contributed by atoms with van der Waals surface area (Å²) in [5, 5.41) is 0. The molecule has 1 aromatic carbocycles. The van der Waals surface area contributed by atoms with Crippen molar-refractivity contribution in [2.45, 2.75) is 6.18 Å². The molecule has 2 N–H and O–H groups in total. The lowest BCUT2D eigenvalue weighted by molar-refractivity contribution is -0.0926. The topological polar surface area (TPSA) is 47.6 Å². The molecule has 0 aliphatic carbocycles. The van der Waals surface area contributed by atoms with Crippen LogP contribution < -0.4 is 5.73 Å². The van der Waals surface area contributed by atoms with Crippen molar-refractivity contribution in [1.29, 1.82) is 0 Å². The molecule has 0 radical (unpaired) electrons. The molecule has 0 aliphatic heterocycles. The quantitative estimate of drug-likeness (QED) is 0.668. The number of rotatable bonds is 2. The molecule has 1 rings (SSSR count). The van der Waals surface area contributed by atoms with E-state index in [1.54, 1.807) is 24.3 Å². The van der Waals surface area contributed by atoms with Gasteiger partial charge in [-0.3, -0.25) is 0 Å². The van der Waals surface area contributed by atoms with E-state index < -0.39 is 11.9 Å². The molecule has 1 aromatic rings. The zero-order valence-corrected chi connectivity index (χ0v) is 10.9. The lowest BCUT2D eigenvalue weighted by Gasteiger charge is -2.07. The van der Waals surface area contributed by atoms with Crippen molar-refractivity contribution in [3.63, 3.8) is 0 Å². The summed E-state index contributed by atoms with van der Waals surface area (Å²) in [5.74, 6) is -0.216. The summed E-state index contributed by atoms with van der Waals surface area (Å²) in [6.07, 6.45) is -3.96. The fraction of sp³-hybridized carbons (Fsp3) is 0.182. The van der Waals surface area contributed by atoms with E-state index in [9.17, 15) is 13.2 Å². The second-order valence-corrected chi connectivity index (χ2v) is 4.14. The molecule has 18 heavy (non-hydrogen) atoms. The van der Waals surface area contributed by atoms with Crippen LogP contribution in [0.2, 0.25) is 0 Å². The summed E-state index contributed by atoms with van der Waals surface area (Å²) < 4.78 is 42.3. The van der Waals surface area contributed by atoms with Gasteiger partial charge in [0.2, 0.25) is 5.90 Å². The van der Waals surface area contributed by atoms with Gasteiger partial charge in [0, 0.05) is 10.5 Å². The highest BCUT2D eigenvalue weighted by Gasteiger charge is 2.31. The average Bonchev–Trinajstić information content (AvgIpc) is 2.29. The highest BCUT2D eigenvalue weighted by molar-refractivity contribution is 9.10. The van der Waals surface area contributed by atoms with Crippen LogP contribution in [-0.2, 0) is 4.74 Å². The van der Waals surface area contributed by atoms with Crippen molar-refractivity contribution in [2.75, 3.05) is 7.11 Å². The molecule has 7 heteroatoms. The first kappa shape index (κ1) is 14.6. The first-order valence-electron chi connectivity index (χ1n) is 4.75. The van der Waals surface area contributed by atoms with Crippen LogP contribution in [0.5, 0.6) is 0 Å². The number of allylic oxidation sites excluding steroid dienone is 1. The third kappa shape index (κ3) is 4.40. The van der Waals surface area contributed by atoms with Crippen LogP contribution in [0.25, 0.3) is 0 Å². The number of alkyl halides is 3. The summed E-state index contributed by atoms with van der Waals surface area (Å²) in [7, 11) is 1.22. The van der Waals surface area contributed by atoms with Gasteiger partial charge in [0.05, 0.1) is 12.8 Å². The maximum atomic E-state index is 12.2. The van der Waals surface area contributed by atoms with Gasteiger partial charge < -0.3 is 10.5 Å². The molecule has 0 amide bonds. The van der Waals surface area contributed by atoms with Gasteiger partial charge in [0.25, 0.3) is 0 Å². The van der Waals surface area contributed by atoms with Crippen molar-refractivity contribution >= 4 is 27.5 Å². The van der Waals surface area contributed by atoms with E-state index in [4.69, 9.17) is 10.5 Å². The molecule has 0 unspecified atom stereocenters. The van der Waals surface area contributed by atoms with Crippen molar-refractivity contribution in [2.24, 2.45) is 10.7 Å². The summed E-state index contributed by atoms with van der Waals surface area (Å²) in [5.41, 5.74) is 4.07. The lowest BCUT2D eigenvalue weighted by atomic mass is 10.3. The second-order valence-electron chi connectivity index (χ2n) is 3.23. The molecule has 0 aliphatic rings. The van der Waals surface area contributed by atoms with Gasteiger partial charge in [0.15, 0.2) is 0 Å². The van der Waals surface area contributed by atoms with Crippen LogP contribution in [0.3, 0.4) is 0 Å². The Morgan fingerprint density at radius 1 is 1.33 bits per heavy atom. The fourth-order valence-corrected chi connectivity index (χ4v) is 1.26. The zero-order chi connectivity index (χ0) is 13.8. The summed E-state index contributed by atoms with van der Waals surface area (Å²) in [6.45, 7) is 0.